The molecule has 0 amide bonds. The molecule has 3 atom stereocenters. The van der Waals surface area contributed by atoms with Crippen LogP contribution in [-0.2, 0) is 0 Å². The van der Waals surface area contributed by atoms with Crippen molar-refractivity contribution in [3.63, 3.8) is 0 Å². The number of halogens is 1. The summed E-state index contributed by atoms with van der Waals surface area (Å²) in [5, 5.41) is 22.1. The molecule has 0 spiro atoms. The number of hydrogen-bond donors (Lipinski definition) is 2. The van der Waals surface area contributed by atoms with Crippen LogP contribution in [0.3, 0.4) is 0 Å². The van der Waals surface area contributed by atoms with Gasteiger partial charge in [0.25, 0.3) is 0 Å². The molecule has 4 heteroatoms. The molecule has 0 aromatic heterocycles. The molecule has 0 aliphatic heterocycles. The second-order valence-electron chi connectivity index (χ2n) is 6.28. The molecule has 2 rings (SSSR count). The molecule has 22 heavy (non-hydrogen) atoms. The van der Waals surface area contributed by atoms with Gasteiger partial charge in [0.15, 0.2) is 0 Å². The predicted octanol–water partition coefficient (Wildman–Crippen LogP) is 3.68. The van der Waals surface area contributed by atoms with Crippen LogP contribution in [0.5, 0.6) is 0 Å². The Morgan fingerprint density at radius 2 is 2.18 bits per heavy atom. The van der Waals surface area contributed by atoms with Gasteiger partial charge in [-0.15, -0.1) is 0 Å². The predicted molar refractivity (Wildman–Crippen MR) is 84.7 cm³/mol. The summed E-state index contributed by atoms with van der Waals surface area (Å²) in [6, 6.07) is 6.65. The van der Waals surface area contributed by atoms with Gasteiger partial charge in [-0.1, -0.05) is 18.9 Å². The Labute approximate surface area is 132 Å². The van der Waals surface area contributed by atoms with E-state index in [1.165, 1.54) is 18.6 Å². The third kappa shape index (κ3) is 4.53. The molecule has 1 aliphatic rings. The number of benzene rings is 1. The van der Waals surface area contributed by atoms with Gasteiger partial charge in [0.05, 0.1) is 11.7 Å². The minimum atomic E-state index is -0.459. The van der Waals surface area contributed by atoms with E-state index in [2.05, 4.69) is 5.32 Å². The number of hydrogen-bond acceptors (Lipinski definition) is 3. The lowest BCUT2D eigenvalue weighted by Gasteiger charge is -2.27. The topological polar surface area (TPSA) is 56.0 Å². The summed E-state index contributed by atoms with van der Waals surface area (Å²) in [6.45, 7) is 2.85. The molecule has 1 aliphatic carbocycles. The van der Waals surface area contributed by atoms with Crippen LogP contribution in [0, 0.1) is 23.1 Å². The maximum Gasteiger partial charge on any atom is 0.141 e. The summed E-state index contributed by atoms with van der Waals surface area (Å²) >= 11 is 0. The summed E-state index contributed by atoms with van der Waals surface area (Å²) in [5.41, 5.74) is 0.941. The number of nitrogens with zero attached hydrogens (tertiary/aromatic N) is 1. The summed E-state index contributed by atoms with van der Waals surface area (Å²) in [6.07, 6.45) is 6.40. The Kier molecular flexibility index (Phi) is 6.35. The Bertz CT molecular complexity index is 526. The van der Waals surface area contributed by atoms with Crippen LogP contribution in [-0.4, -0.2) is 17.8 Å². The third-order valence-corrected chi connectivity index (χ3v) is 4.68. The lowest BCUT2D eigenvalue weighted by Crippen LogP contribution is -2.26. The monoisotopic (exact) mass is 304 g/mol. The number of aliphatic hydroxyl groups is 1. The van der Waals surface area contributed by atoms with Crippen molar-refractivity contribution in [2.75, 3.05) is 6.54 Å². The highest BCUT2D eigenvalue weighted by molar-refractivity contribution is 5.34. The summed E-state index contributed by atoms with van der Waals surface area (Å²) in [4.78, 5) is 0. The fourth-order valence-corrected chi connectivity index (χ4v) is 3.22. The van der Waals surface area contributed by atoms with Crippen molar-refractivity contribution < 1.29 is 9.50 Å². The van der Waals surface area contributed by atoms with Crippen LogP contribution < -0.4 is 5.32 Å². The van der Waals surface area contributed by atoms with E-state index in [9.17, 15) is 9.50 Å². The van der Waals surface area contributed by atoms with Crippen molar-refractivity contribution in [1.82, 2.24) is 5.32 Å². The average Bonchev–Trinajstić information content (AvgIpc) is 2.52. The van der Waals surface area contributed by atoms with Gasteiger partial charge in [-0.05, 0) is 62.8 Å². The molecular weight excluding hydrogens is 279 g/mol. The molecule has 1 saturated carbocycles. The maximum atomic E-state index is 13.6. The quantitative estimate of drug-likeness (QED) is 0.788. The molecule has 120 valence electrons. The van der Waals surface area contributed by atoms with Gasteiger partial charge in [-0.2, -0.15) is 5.26 Å². The standard InChI is InChI=1S/C18H25FN2O/c1-13(15-8-9-16(12-20)17(19)11-15)21-10-4-6-14-5-2-3-7-18(14)22/h8-9,11,13-14,18,21-22H,2-7,10H2,1H3. The first-order chi connectivity index (χ1) is 10.6. The number of nitriles is 1. The van der Waals surface area contributed by atoms with E-state index in [1.54, 1.807) is 6.07 Å². The Morgan fingerprint density at radius 3 is 2.86 bits per heavy atom. The molecule has 1 aromatic carbocycles. The van der Waals surface area contributed by atoms with Crippen LogP contribution in [0.15, 0.2) is 18.2 Å². The van der Waals surface area contributed by atoms with Gasteiger partial charge in [0.2, 0.25) is 0 Å². The first-order valence-electron chi connectivity index (χ1n) is 8.23. The normalized spacial score (nSPS) is 23.0. The zero-order valence-corrected chi connectivity index (χ0v) is 13.2. The van der Waals surface area contributed by atoms with E-state index in [4.69, 9.17) is 5.26 Å². The molecular formula is C18H25FN2O. The van der Waals surface area contributed by atoms with Crippen LogP contribution >= 0.6 is 0 Å². The van der Waals surface area contributed by atoms with Crippen molar-refractivity contribution in [2.45, 2.75) is 57.6 Å². The Balaban J connectivity index is 1.74. The van der Waals surface area contributed by atoms with Crippen LogP contribution in [0.1, 0.15) is 62.6 Å². The van der Waals surface area contributed by atoms with Crippen LogP contribution in [0.25, 0.3) is 0 Å². The van der Waals surface area contributed by atoms with Crippen molar-refractivity contribution in [3.8, 4) is 6.07 Å². The molecule has 0 radical (unpaired) electrons. The maximum absolute atomic E-state index is 13.6. The zero-order valence-electron chi connectivity index (χ0n) is 13.2. The lowest BCUT2D eigenvalue weighted by molar-refractivity contribution is 0.0642. The average molecular weight is 304 g/mol. The summed E-state index contributed by atoms with van der Waals surface area (Å²) in [7, 11) is 0. The molecule has 0 bridgehead atoms. The molecule has 0 heterocycles. The minimum absolute atomic E-state index is 0.0542. The largest absolute Gasteiger partial charge is 0.393 e. The van der Waals surface area contributed by atoms with Crippen molar-refractivity contribution in [3.05, 3.63) is 35.1 Å². The van der Waals surface area contributed by atoms with Crippen LogP contribution in [0.4, 0.5) is 4.39 Å². The lowest BCUT2D eigenvalue weighted by atomic mass is 9.83. The Morgan fingerprint density at radius 1 is 1.41 bits per heavy atom. The van der Waals surface area contributed by atoms with Crippen molar-refractivity contribution >= 4 is 0 Å². The highest BCUT2D eigenvalue weighted by Gasteiger charge is 2.22. The van der Waals surface area contributed by atoms with E-state index in [-0.39, 0.29) is 17.7 Å². The van der Waals surface area contributed by atoms with Gasteiger partial charge >= 0.3 is 0 Å². The SMILES string of the molecule is CC(NCCCC1CCCCC1O)c1ccc(C#N)c(F)c1. The van der Waals surface area contributed by atoms with Crippen molar-refractivity contribution in [2.24, 2.45) is 5.92 Å². The minimum Gasteiger partial charge on any atom is -0.393 e. The second kappa shape index (κ2) is 8.26. The highest BCUT2D eigenvalue weighted by atomic mass is 19.1. The fraction of sp³-hybridized carbons (Fsp3) is 0.611. The molecule has 0 saturated heterocycles. The number of nitrogens with one attached hydrogen (secondary N) is 1. The summed E-state index contributed by atoms with van der Waals surface area (Å²) < 4.78 is 13.6. The van der Waals surface area contributed by atoms with Gasteiger partial charge in [0, 0.05) is 6.04 Å². The molecule has 3 nitrogen and oxygen atoms in total. The fourth-order valence-electron chi connectivity index (χ4n) is 3.22. The van der Waals surface area contributed by atoms with Crippen molar-refractivity contribution in [1.29, 1.82) is 5.26 Å². The van der Waals surface area contributed by atoms with Gasteiger partial charge in [-0.3, -0.25) is 0 Å². The Hall–Kier alpha value is -1.44. The van der Waals surface area contributed by atoms with E-state index < -0.39 is 5.82 Å². The van der Waals surface area contributed by atoms with Crippen LogP contribution in [0.2, 0.25) is 0 Å². The van der Waals surface area contributed by atoms with Gasteiger partial charge in [0.1, 0.15) is 11.9 Å². The molecule has 1 aromatic rings. The van der Waals surface area contributed by atoms with E-state index >= 15 is 0 Å². The number of rotatable bonds is 6. The first kappa shape index (κ1) is 16.9. The van der Waals surface area contributed by atoms with Gasteiger partial charge < -0.3 is 10.4 Å². The van der Waals surface area contributed by atoms with E-state index in [0.29, 0.717) is 5.92 Å². The van der Waals surface area contributed by atoms with E-state index in [1.807, 2.05) is 13.0 Å². The molecule has 3 unspecified atom stereocenters. The molecule has 2 N–H and O–H groups in total. The smallest absolute Gasteiger partial charge is 0.141 e. The van der Waals surface area contributed by atoms with Gasteiger partial charge in [-0.25, -0.2) is 4.39 Å². The third-order valence-electron chi connectivity index (χ3n) is 4.68. The van der Waals surface area contributed by atoms with E-state index in [0.717, 1.165) is 44.2 Å². The zero-order chi connectivity index (χ0) is 15.9. The second-order valence-corrected chi connectivity index (χ2v) is 6.28. The summed E-state index contributed by atoms with van der Waals surface area (Å²) in [5.74, 6) is -0.0165. The number of aliphatic hydroxyl groups excluding tert-OH is 1. The first-order valence-corrected chi connectivity index (χ1v) is 8.23. The highest BCUT2D eigenvalue weighted by Crippen LogP contribution is 2.27. The molecule has 1 fully saturated rings.